The van der Waals surface area contributed by atoms with Crippen LogP contribution in [0.5, 0.6) is 0 Å². The van der Waals surface area contributed by atoms with Crippen LogP contribution >= 0.6 is 0 Å². The number of imide groups is 2. The Morgan fingerprint density at radius 2 is 1.84 bits per heavy atom. The number of nitrogens with zero attached hydrogens (tertiary/aromatic N) is 3. The molecule has 0 bridgehead atoms. The lowest BCUT2D eigenvalue weighted by Crippen LogP contribution is -2.64. The van der Waals surface area contributed by atoms with E-state index in [-0.39, 0.29) is 6.54 Å². The molecule has 2 aliphatic rings. The zero-order valence-electron chi connectivity index (χ0n) is 9.41. The molecule has 2 aliphatic heterocycles. The van der Waals surface area contributed by atoms with Gasteiger partial charge in [0.25, 0.3) is 17.7 Å². The van der Waals surface area contributed by atoms with E-state index in [0.29, 0.717) is 11.3 Å². The minimum absolute atomic E-state index is 0.00169. The molecule has 1 saturated heterocycles. The first kappa shape index (κ1) is 11.3. The van der Waals surface area contributed by atoms with Crippen LogP contribution in [0.1, 0.15) is 16.1 Å². The number of carbonyl (C=O) groups excluding carboxylic acids is 4. The van der Waals surface area contributed by atoms with Crippen molar-refractivity contribution >= 4 is 23.8 Å². The molecule has 1 fully saturated rings. The number of fused-ring (bicyclic) bond motifs is 1. The number of carbonyl (C=O) groups is 4. The molecule has 0 aromatic carbocycles. The van der Waals surface area contributed by atoms with E-state index in [1.165, 1.54) is 12.3 Å². The van der Waals surface area contributed by atoms with Gasteiger partial charge in [0.2, 0.25) is 0 Å². The van der Waals surface area contributed by atoms with Gasteiger partial charge >= 0.3 is 6.03 Å². The Bertz CT molecular complexity index is 608. The molecule has 0 unspecified atom stereocenters. The first-order valence-electron chi connectivity index (χ1n) is 5.35. The second-order valence-corrected chi connectivity index (χ2v) is 4.03. The number of rotatable bonds is 1. The Hall–Kier alpha value is -2.84. The molecular weight excluding hydrogens is 254 g/mol. The zero-order chi connectivity index (χ0) is 13.6. The van der Waals surface area contributed by atoms with E-state index in [1.54, 1.807) is 0 Å². The second kappa shape index (κ2) is 3.83. The van der Waals surface area contributed by atoms with Crippen LogP contribution in [0, 0.1) is 0 Å². The number of hydrogen-bond donors (Lipinski definition) is 2. The van der Waals surface area contributed by atoms with Crippen LogP contribution in [-0.4, -0.2) is 44.9 Å². The van der Waals surface area contributed by atoms with Crippen LogP contribution in [-0.2, 0) is 16.1 Å². The fourth-order valence-corrected chi connectivity index (χ4v) is 2.06. The number of amides is 5. The van der Waals surface area contributed by atoms with Gasteiger partial charge in [-0.05, 0) is 6.07 Å². The SMILES string of the molecule is O=C1NC(=O)C(N2Cc3nnccc3C2=O)C(=O)N1. The highest BCUT2D eigenvalue weighted by atomic mass is 16.2. The third-order valence-electron chi connectivity index (χ3n) is 2.89. The van der Waals surface area contributed by atoms with Crippen LogP contribution < -0.4 is 10.6 Å². The Morgan fingerprint density at radius 1 is 1.16 bits per heavy atom. The van der Waals surface area contributed by atoms with Gasteiger partial charge in [0.15, 0.2) is 6.04 Å². The van der Waals surface area contributed by atoms with Gasteiger partial charge in [0.05, 0.1) is 24.0 Å². The van der Waals surface area contributed by atoms with Crippen molar-refractivity contribution in [1.29, 1.82) is 0 Å². The van der Waals surface area contributed by atoms with Gasteiger partial charge in [0.1, 0.15) is 0 Å². The summed E-state index contributed by atoms with van der Waals surface area (Å²) in [5.41, 5.74) is 0.692. The van der Waals surface area contributed by atoms with Crippen LogP contribution in [0.15, 0.2) is 12.3 Å². The first-order chi connectivity index (χ1) is 9.08. The minimum atomic E-state index is -1.38. The Labute approximate surface area is 106 Å². The molecule has 3 heterocycles. The summed E-state index contributed by atoms with van der Waals surface area (Å²) in [5, 5.41) is 11.3. The fraction of sp³-hybridized carbons (Fsp3) is 0.200. The van der Waals surface area contributed by atoms with Gasteiger partial charge in [-0.2, -0.15) is 10.2 Å². The predicted molar refractivity (Wildman–Crippen MR) is 57.4 cm³/mol. The molecule has 9 heteroatoms. The van der Waals surface area contributed by atoms with Crippen molar-refractivity contribution in [3.63, 3.8) is 0 Å². The van der Waals surface area contributed by atoms with E-state index in [2.05, 4.69) is 10.2 Å². The Morgan fingerprint density at radius 3 is 2.47 bits per heavy atom. The molecule has 0 saturated carbocycles. The summed E-state index contributed by atoms with van der Waals surface area (Å²) >= 11 is 0. The normalized spacial score (nSPS) is 19.3. The van der Waals surface area contributed by atoms with Crippen molar-refractivity contribution in [3.05, 3.63) is 23.5 Å². The maximum absolute atomic E-state index is 12.1. The molecule has 5 amide bonds. The summed E-state index contributed by atoms with van der Waals surface area (Å²) in [7, 11) is 0. The molecule has 0 radical (unpaired) electrons. The van der Waals surface area contributed by atoms with E-state index in [1.807, 2.05) is 10.6 Å². The highest BCUT2D eigenvalue weighted by Crippen LogP contribution is 2.22. The zero-order valence-corrected chi connectivity index (χ0v) is 9.41. The molecule has 0 aliphatic carbocycles. The lowest BCUT2D eigenvalue weighted by Gasteiger charge is -2.28. The monoisotopic (exact) mass is 261 g/mol. The van der Waals surface area contributed by atoms with Crippen molar-refractivity contribution in [1.82, 2.24) is 25.7 Å². The summed E-state index contributed by atoms with van der Waals surface area (Å²) in [6.45, 7) is 0.00169. The largest absolute Gasteiger partial charge is 0.328 e. The van der Waals surface area contributed by atoms with Gasteiger partial charge in [-0.25, -0.2) is 4.79 Å². The van der Waals surface area contributed by atoms with E-state index in [9.17, 15) is 19.2 Å². The maximum Gasteiger partial charge on any atom is 0.328 e. The highest BCUT2D eigenvalue weighted by Gasteiger charge is 2.44. The maximum atomic E-state index is 12.1. The Balaban J connectivity index is 1.93. The van der Waals surface area contributed by atoms with Crippen LogP contribution in [0.25, 0.3) is 0 Å². The summed E-state index contributed by atoms with van der Waals surface area (Å²) < 4.78 is 0. The van der Waals surface area contributed by atoms with Crippen molar-refractivity contribution < 1.29 is 19.2 Å². The van der Waals surface area contributed by atoms with Crippen LogP contribution in [0.4, 0.5) is 4.79 Å². The van der Waals surface area contributed by atoms with Crippen LogP contribution in [0.3, 0.4) is 0 Å². The molecule has 3 rings (SSSR count). The van der Waals surface area contributed by atoms with Gasteiger partial charge in [-0.1, -0.05) is 0 Å². The molecule has 0 spiro atoms. The number of urea groups is 1. The molecular formula is C10H7N5O4. The lowest BCUT2D eigenvalue weighted by molar-refractivity contribution is -0.136. The smallest absolute Gasteiger partial charge is 0.312 e. The number of nitrogens with one attached hydrogen (secondary N) is 2. The van der Waals surface area contributed by atoms with Gasteiger partial charge in [0, 0.05) is 0 Å². The second-order valence-electron chi connectivity index (χ2n) is 4.03. The van der Waals surface area contributed by atoms with Gasteiger partial charge in [-0.3, -0.25) is 25.0 Å². The summed E-state index contributed by atoms with van der Waals surface area (Å²) in [6, 6.07) is -0.802. The average molecular weight is 261 g/mol. The van der Waals surface area contributed by atoms with Crippen molar-refractivity contribution in [2.75, 3.05) is 0 Å². The van der Waals surface area contributed by atoms with E-state index < -0.39 is 29.8 Å². The molecule has 1 aromatic heterocycles. The summed E-state index contributed by atoms with van der Waals surface area (Å²) in [4.78, 5) is 47.4. The lowest BCUT2D eigenvalue weighted by atomic mass is 10.2. The van der Waals surface area contributed by atoms with Gasteiger partial charge in [-0.15, -0.1) is 0 Å². The molecule has 0 atom stereocenters. The van der Waals surface area contributed by atoms with E-state index in [4.69, 9.17) is 0 Å². The molecule has 96 valence electrons. The minimum Gasteiger partial charge on any atom is -0.312 e. The quantitative estimate of drug-likeness (QED) is 0.573. The molecule has 1 aromatic rings. The summed E-state index contributed by atoms with van der Waals surface area (Å²) in [6.07, 6.45) is 1.35. The van der Waals surface area contributed by atoms with Crippen molar-refractivity contribution in [3.8, 4) is 0 Å². The molecule has 2 N–H and O–H groups in total. The summed E-state index contributed by atoms with van der Waals surface area (Å²) in [5.74, 6) is -2.15. The van der Waals surface area contributed by atoms with Gasteiger partial charge < -0.3 is 4.90 Å². The van der Waals surface area contributed by atoms with E-state index in [0.717, 1.165) is 4.90 Å². The first-order valence-corrected chi connectivity index (χ1v) is 5.35. The number of aromatic nitrogens is 2. The Kier molecular flexibility index (Phi) is 2.27. The standard InChI is InChI=1S/C10H7N5O4/c16-7-6(8(17)13-10(19)12-7)15-3-5-4(9(15)18)1-2-11-14-5/h1-2,6H,3H2,(H2,12,13,16,17,19). The number of barbiturate groups is 1. The predicted octanol–water partition coefficient (Wildman–Crippen LogP) is -1.83. The molecule has 9 nitrogen and oxygen atoms in total. The van der Waals surface area contributed by atoms with Crippen LogP contribution in [0.2, 0.25) is 0 Å². The number of hydrogen-bond acceptors (Lipinski definition) is 6. The van der Waals surface area contributed by atoms with Crippen molar-refractivity contribution in [2.24, 2.45) is 0 Å². The average Bonchev–Trinajstić information content (AvgIpc) is 2.66. The topological polar surface area (TPSA) is 121 Å². The van der Waals surface area contributed by atoms with E-state index >= 15 is 0 Å². The van der Waals surface area contributed by atoms with Crippen molar-refractivity contribution in [2.45, 2.75) is 12.6 Å². The third-order valence-corrected chi connectivity index (χ3v) is 2.89. The third kappa shape index (κ3) is 1.63. The fourth-order valence-electron chi connectivity index (χ4n) is 2.06. The molecule has 19 heavy (non-hydrogen) atoms. The highest BCUT2D eigenvalue weighted by molar-refractivity contribution is 6.20.